The zero-order chi connectivity index (χ0) is 13.8. The lowest BCUT2D eigenvalue weighted by Crippen LogP contribution is -2.23. The summed E-state index contributed by atoms with van der Waals surface area (Å²) in [6, 6.07) is 1.77. The number of alkyl halides is 3. The average Bonchev–Trinajstić information content (AvgIpc) is 2.30. The summed E-state index contributed by atoms with van der Waals surface area (Å²) in [5.41, 5.74) is -0.906. The van der Waals surface area contributed by atoms with Crippen molar-refractivity contribution >= 4 is 0 Å². The van der Waals surface area contributed by atoms with Crippen LogP contribution in [0.25, 0.3) is 0 Å². The van der Waals surface area contributed by atoms with E-state index < -0.39 is 23.6 Å². The first-order valence-electron chi connectivity index (χ1n) is 5.51. The van der Waals surface area contributed by atoms with Gasteiger partial charge in [0.05, 0.1) is 18.2 Å². The zero-order valence-electron chi connectivity index (χ0n) is 10.1. The van der Waals surface area contributed by atoms with Crippen molar-refractivity contribution in [1.29, 1.82) is 0 Å². The van der Waals surface area contributed by atoms with Crippen LogP contribution in [-0.2, 0) is 10.9 Å². The summed E-state index contributed by atoms with van der Waals surface area (Å²) in [5.74, 6) is -0.679. The molecule has 1 unspecified atom stereocenters. The summed E-state index contributed by atoms with van der Waals surface area (Å²) in [5, 5.41) is 2.74. The van der Waals surface area contributed by atoms with E-state index in [4.69, 9.17) is 4.74 Å². The van der Waals surface area contributed by atoms with Gasteiger partial charge in [0.15, 0.2) is 0 Å². The molecule has 0 aliphatic heterocycles. The molecule has 0 aliphatic rings. The number of rotatable bonds is 5. The number of hydrogen-bond acceptors (Lipinski definition) is 2. The largest absolute Gasteiger partial charge is 0.416 e. The summed E-state index contributed by atoms with van der Waals surface area (Å²) in [6.07, 6.45) is -4.48. The van der Waals surface area contributed by atoms with Gasteiger partial charge in [-0.2, -0.15) is 13.2 Å². The average molecular weight is 265 g/mol. The number of nitrogens with one attached hydrogen (secondary N) is 1. The SMILES string of the molecule is CCOCC(NC)c1cc(C(F)(F)F)ccc1F. The van der Waals surface area contributed by atoms with E-state index in [2.05, 4.69) is 5.32 Å². The molecule has 0 heterocycles. The third-order valence-corrected chi connectivity index (χ3v) is 2.54. The van der Waals surface area contributed by atoms with Crippen LogP contribution < -0.4 is 5.32 Å². The molecule has 0 amide bonds. The van der Waals surface area contributed by atoms with Gasteiger partial charge in [-0.25, -0.2) is 4.39 Å². The number of hydrogen-bond donors (Lipinski definition) is 1. The molecule has 0 saturated carbocycles. The van der Waals surface area contributed by atoms with Crippen molar-refractivity contribution in [1.82, 2.24) is 5.32 Å². The first-order valence-corrected chi connectivity index (χ1v) is 5.51. The van der Waals surface area contributed by atoms with Crippen LogP contribution in [0.4, 0.5) is 17.6 Å². The second-order valence-electron chi connectivity index (χ2n) is 3.73. The highest BCUT2D eigenvalue weighted by Crippen LogP contribution is 2.31. The molecule has 1 rings (SSSR count). The number of benzene rings is 1. The molecular weight excluding hydrogens is 250 g/mol. The smallest absolute Gasteiger partial charge is 0.380 e. The molecule has 2 nitrogen and oxygen atoms in total. The van der Waals surface area contributed by atoms with Crippen LogP contribution in [0.2, 0.25) is 0 Å². The van der Waals surface area contributed by atoms with Gasteiger partial charge in [-0.15, -0.1) is 0 Å². The Hall–Kier alpha value is -1.14. The Morgan fingerprint density at radius 2 is 2.00 bits per heavy atom. The van der Waals surface area contributed by atoms with Gasteiger partial charge < -0.3 is 10.1 Å². The van der Waals surface area contributed by atoms with E-state index in [1.165, 1.54) is 0 Å². The van der Waals surface area contributed by atoms with E-state index in [0.717, 1.165) is 18.2 Å². The van der Waals surface area contributed by atoms with Crippen LogP contribution in [-0.4, -0.2) is 20.3 Å². The van der Waals surface area contributed by atoms with Crippen LogP contribution >= 0.6 is 0 Å². The molecule has 1 N–H and O–H groups in total. The second kappa shape index (κ2) is 6.15. The van der Waals surface area contributed by atoms with Gasteiger partial charge in [-0.1, -0.05) is 0 Å². The van der Waals surface area contributed by atoms with E-state index in [1.807, 2.05) is 0 Å². The van der Waals surface area contributed by atoms with Gasteiger partial charge in [-0.3, -0.25) is 0 Å². The lowest BCUT2D eigenvalue weighted by molar-refractivity contribution is -0.137. The summed E-state index contributed by atoms with van der Waals surface area (Å²) in [4.78, 5) is 0. The third kappa shape index (κ3) is 3.68. The normalized spacial score (nSPS) is 13.7. The molecule has 0 bridgehead atoms. The highest BCUT2D eigenvalue weighted by Gasteiger charge is 2.31. The number of halogens is 4. The fourth-order valence-electron chi connectivity index (χ4n) is 1.55. The Morgan fingerprint density at radius 1 is 1.33 bits per heavy atom. The minimum absolute atomic E-state index is 0.0409. The van der Waals surface area contributed by atoms with Gasteiger partial charge >= 0.3 is 6.18 Å². The van der Waals surface area contributed by atoms with Crippen molar-refractivity contribution in [2.45, 2.75) is 19.1 Å². The van der Waals surface area contributed by atoms with Crippen molar-refractivity contribution < 1.29 is 22.3 Å². The van der Waals surface area contributed by atoms with Crippen LogP contribution in [0.15, 0.2) is 18.2 Å². The fraction of sp³-hybridized carbons (Fsp3) is 0.500. The first-order chi connectivity index (χ1) is 8.40. The second-order valence-corrected chi connectivity index (χ2v) is 3.73. The molecule has 0 aromatic heterocycles. The number of ether oxygens (including phenoxy) is 1. The van der Waals surface area contributed by atoms with Crippen molar-refractivity contribution in [2.24, 2.45) is 0 Å². The minimum Gasteiger partial charge on any atom is -0.380 e. The van der Waals surface area contributed by atoms with Crippen molar-refractivity contribution in [2.75, 3.05) is 20.3 Å². The lowest BCUT2D eigenvalue weighted by Gasteiger charge is -2.18. The zero-order valence-corrected chi connectivity index (χ0v) is 10.1. The van der Waals surface area contributed by atoms with Crippen molar-refractivity contribution in [3.8, 4) is 0 Å². The molecule has 1 aromatic rings. The van der Waals surface area contributed by atoms with Crippen molar-refractivity contribution in [3.63, 3.8) is 0 Å². The van der Waals surface area contributed by atoms with Gasteiger partial charge in [-0.05, 0) is 32.2 Å². The third-order valence-electron chi connectivity index (χ3n) is 2.54. The highest BCUT2D eigenvalue weighted by molar-refractivity contribution is 5.29. The van der Waals surface area contributed by atoms with Gasteiger partial charge in [0.2, 0.25) is 0 Å². The van der Waals surface area contributed by atoms with Crippen LogP contribution in [0.1, 0.15) is 24.1 Å². The van der Waals surface area contributed by atoms with Gasteiger partial charge in [0.25, 0.3) is 0 Å². The molecule has 0 spiro atoms. The maximum atomic E-state index is 13.6. The predicted molar refractivity (Wildman–Crippen MR) is 59.7 cm³/mol. The van der Waals surface area contributed by atoms with Crippen LogP contribution in [0.3, 0.4) is 0 Å². The Labute approximate surface area is 103 Å². The maximum absolute atomic E-state index is 13.6. The predicted octanol–water partition coefficient (Wildman–Crippen LogP) is 3.14. The monoisotopic (exact) mass is 265 g/mol. The quantitative estimate of drug-likeness (QED) is 0.826. The van der Waals surface area contributed by atoms with Crippen LogP contribution in [0.5, 0.6) is 0 Å². The Bertz CT molecular complexity index is 392. The molecule has 0 radical (unpaired) electrons. The Morgan fingerprint density at radius 3 is 2.50 bits per heavy atom. The summed E-state index contributed by atoms with van der Waals surface area (Å²) in [7, 11) is 1.55. The van der Waals surface area contributed by atoms with Crippen molar-refractivity contribution in [3.05, 3.63) is 35.1 Å². The molecule has 18 heavy (non-hydrogen) atoms. The Kier molecular flexibility index (Phi) is 5.10. The molecule has 1 aromatic carbocycles. The summed E-state index contributed by atoms with van der Waals surface area (Å²) < 4.78 is 56.3. The van der Waals surface area contributed by atoms with E-state index in [9.17, 15) is 17.6 Å². The van der Waals surface area contributed by atoms with Gasteiger partial charge in [0, 0.05) is 12.2 Å². The first kappa shape index (κ1) is 14.9. The maximum Gasteiger partial charge on any atom is 0.416 e. The lowest BCUT2D eigenvalue weighted by atomic mass is 10.0. The topological polar surface area (TPSA) is 21.3 Å². The highest BCUT2D eigenvalue weighted by atomic mass is 19.4. The van der Waals surface area contributed by atoms with E-state index in [1.54, 1.807) is 14.0 Å². The molecule has 6 heteroatoms. The fourth-order valence-corrected chi connectivity index (χ4v) is 1.55. The summed E-state index contributed by atoms with van der Waals surface area (Å²) >= 11 is 0. The van der Waals surface area contributed by atoms with Crippen LogP contribution in [0, 0.1) is 5.82 Å². The van der Waals surface area contributed by atoms with E-state index >= 15 is 0 Å². The standard InChI is InChI=1S/C12H15F4NO/c1-3-18-7-11(17-2)9-6-8(12(14,15)16)4-5-10(9)13/h4-6,11,17H,3,7H2,1-2H3. The molecule has 1 atom stereocenters. The Balaban J connectivity index is 3.05. The van der Waals surface area contributed by atoms with Gasteiger partial charge in [0.1, 0.15) is 5.82 Å². The molecular formula is C12H15F4NO. The molecule has 0 saturated heterocycles. The summed E-state index contributed by atoms with van der Waals surface area (Å²) in [6.45, 7) is 2.29. The minimum atomic E-state index is -4.48. The van der Waals surface area contributed by atoms with E-state index in [0.29, 0.717) is 6.61 Å². The number of likely N-dealkylation sites (N-methyl/N-ethyl adjacent to an activating group) is 1. The molecule has 0 aliphatic carbocycles. The van der Waals surface area contributed by atoms with E-state index in [-0.39, 0.29) is 12.2 Å². The molecule has 102 valence electrons. The molecule has 0 fully saturated rings.